The van der Waals surface area contributed by atoms with Crippen molar-refractivity contribution in [3.63, 3.8) is 0 Å². The highest BCUT2D eigenvalue weighted by molar-refractivity contribution is 6.29. The lowest BCUT2D eigenvalue weighted by Gasteiger charge is -2.06. The summed E-state index contributed by atoms with van der Waals surface area (Å²) in [6.45, 7) is 2.11. The fraction of sp³-hybridized carbons (Fsp3) is 0.250. The first-order valence-corrected chi connectivity index (χ1v) is 5.25. The standard InChI is InChI=1S/C12H12ClNO/c1-3-8-6-12(13)14-11-7-9(15-2)4-5-10(8)11/h4-7H,3H2,1-2H3. The summed E-state index contributed by atoms with van der Waals surface area (Å²) in [5.74, 6) is 0.805. The Bertz CT molecular complexity index is 496. The van der Waals surface area contributed by atoms with E-state index in [9.17, 15) is 0 Å². The predicted molar refractivity (Wildman–Crippen MR) is 62.7 cm³/mol. The normalized spacial score (nSPS) is 10.6. The van der Waals surface area contributed by atoms with Crippen molar-refractivity contribution >= 4 is 22.5 Å². The van der Waals surface area contributed by atoms with Crippen molar-refractivity contribution in [2.75, 3.05) is 7.11 Å². The van der Waals surface area contributed by atoms with Crippen LogP contribution in [0.4, 0.5) is 0 Å². The molecule has 0 bridgehead atoms. The number of aryl methyl sites for hydroxylation is 1. The van der Waals surface area contributed by atoms with Gasteiger partial charge in [-0.1, -0.05) is 18.5 Å². The van der Waals surface area contributed by atoms with E-state index in [1.165, 1.54) is 5.56 Å². The number of halogens is 1. The minimum Gasteiger partial charge on any atom is -0.497 e. The summed E-state index contributed by atoms with van der Waals surface area (Å²) >= 11 is 5.95. The average molecular weight is 222 g/mol. The van der Waals surface area contributed by atoms with E-state index >= 15 is 0 Å². The maximum absolute atomic E-state index is 5.95. The van der Waals surface area contributed by atoms with Crippen LogP contribution in [0.3, 0.4) is 0 Å². The first kappa shape index (κ1) is 10.2. The zero-order valence-electron chi connectivity index (χ0n) is 8.75. The quantitative estimate of drug-likeness (QED) is 0.725. The monoisotopic (exact) mass is 221 g/mol. The van der Waals surface area contributed by atoms with Crippen molar-refractivity contribution in [3.8, 4) is 5.75 Å². The van der Waals surface area contributed by atoms with Crippen molar-refractivity contribution in [2.45, 2.75) is 13.3 Å². The summed E-state index contributed by atoms with van der Waals surface area (Å²) in [5.41, 5.74) is 2.10. The van der Waals surface area contributed by atoms with Crippen molar-refractivity contribution in [1.82, 2.24) is 4.98 Å². The third-order valence-corrected chi connectivity index (χ3v) is 2.65. The summed E-state index contributed by atoms with van der Waals surface area (Å²) in [5, 5.41) is 1.68. The van der Waals surface area contributed by atoms with Crippen LogP contribution in [0, 0.1) is 0 Å². The summed E-state index contributed by atoms with van der Waals surface area (Å²) in [6.07, 6.45) is 0.949. The van der Waals surface area contributed by atoms with Gasteiger partial charge in [-0.05, 0) is 30.2 Å². The fourth-order valence-electron chi connectivity index (χ4n) is 1.66. The minimum absolute atomic E-state index is 0.535. The second-order valence-electron chi connectivity index (χ2n) is 3.34. The Labute approximate surface area is 93.8 Å². The van der Waals surface area contributed by atoms with Gasteiger partial charge in [-0.3, -0.25) is 0 Å². The Kier molecular flexibility index (Phi) is 2.78. The van der Waals surface area contributed by atoms with Crippen LogP contribution >= 0.6 is 11.6 Å². The molecule has 2 nitrogen and oxygen atoms in total. The molecule has 15 heavy (non-hydrogen) atoms. The molecule has 1 heterocycles. The van der Waals surface area contributed by atoms with Crippen LogP contribution in [0.15, 0.2) is 24.3 Å². The smallest absolute Gasteiger partial charge is 0.130 e. The van der Waals surface area contributed by atoms with E-state index in [2.05, 4.69) is 11.9 Å². The molecule has 0 aliphatic carbocycles. The van der Waals surface area contributed by atoms with E-state index in [0.717, 1.165) is 23.1 Å². The number of methoxy groups -OCH3 is 1. The molecule has 0 aliphatic heterocycles. The van der Waals surface area contributed by atoms with Gasteiger partial charge in [0.05, 0.1) is 12.6 Å². The molecule has 0 unspecified atom stereocenters. The molecule has 0 aliphatic rings. The number of ether oxygens (including phenoxy) is 1. The van der Waals surface area contributed by atoms with Crippen LogP contribution in [0.25, 0.3) is 10.9 Å². The topological polar surface area (TPSA) is 22.1 Å². The van der Waals surface area contributed by atoms with Gasteiger partial charge in [0.1, 0.15) is 10.9 Å². The molecule has 0 atom stereocenters. The Hall–Kier alpha value is -1.28. The van der Waals surface area contributed by atoms with Gasteiger partial charge in [0.25, 0.3) is 0 Å². The van der Waals surface area contributed by atoms with Gasteiger partial charge in [-0.25, -0.2) is 4.98 Å². The second kappa shape index (κ2) is 4.07. The molecular weight excluding hydrogens is 210 g/mol. The SMILES string of the molecule is CCc1cc(Cl)nc2cc(OC)ccc12. The number of aromatic nitrogens is 1. The van der Waals surface area contributed by atoms with E-state index in [0.29, 0.717) is 5.15 Å². The highest BCUT2D eigenvalue weighted by Gasteiger charge is 2.04. The van der Waals surface area contributed by atoms with E-state index in [1.54, 1.807) is 7.11 Å². The molecule has 0 saturated carbocycles. The molecule has 3 heteroatoms. The van der Waals surface area contributed by atoms with Crippen molar-refractivity contribution in [1.29, 1.82) is 0 Å². The highest BCUT2D eigenvalue weighted by Crippen LogP contribution is 2.25. The van der Waals surface area contributed by atoms with Crippen LogP contribution in [0.5, 0.6) is 5.75 Å². The van der Waals surface area contributed by atoms with Gasteiger partial charge in [0, 0.05) is 11.5 Å². The molecule has 0 fully saturated rings. The Morgan fingerprint density at radius 3 is 2.80 bits per heavy atom. The molecule has 0 saturated heterocycles. The lowest BCUT2D eigenvalue weighted by atomic mass is 10.1. The van der Waals surface area contributed by atoms with Gasteiger partial charge in [-0.15, -0.1) is 0 Å². The predicted octanol–water partition coefficient (Wildman–Crippen LogP) is 3.46. The summed E-state index contributed by atoms with van der Waals surface area (Å²) < 4.78 is 5.15. The molecule has 1 aromatic carbocycles. The first-order chi connectivity index (χ1) is 7.24. The molecule has 0 amide bonds. The number of nitrogens with zero attached hydrogens (tertiary/aromatic N) is 1. The van der Waals surface area contributed by atoms with E-state index in [1.807, 2.05) is 24.3 Å². The largest absolute Gasteiger partial charge is 0.497 e. The van der Waals surface area contributed by atoms with Gasteiger partial charge in [-0.2, -0.15) is 0 Å². The number of rotatable bonds is 2. The third kappa shape index (κ3) is 1.90. The Balaban J connectivity index is 2.72. The van der Waals surface area contributed by atoms with Crippen LogP contribution in [0.1, 0.15) is 12.5 Å². The number of hydrogen-bond acceptors (Lipinski definition) is 2. The zero-order chi connectivity index (χ0) is 10.8. The van der Waals surface area contributed by atoms with Gasteiger partial charge in [0.2, 0.25) is 0 Å². The molecule has 0 spiro atoms. The van der Waals surface area contributed by atoms with Crippen LogP contribution in [0.2, 0.25) is 5.15 Å². The number of pyridine rings is 1. The lowest BCUT2D eigenvalue weighted by Crippen LogP contribution is -1.89. The van der Waals surface area contributed by atoms with Gasteiger partial charge < -0.3 is 4.74 Å². The summed E-state index contributed by atoms with van der Waals surface area (Å²) in [6, 6.07) is 7.78. The van der Waals surface area contributed by atoms with E-state index < -0.39 is 0 Å². The number of fused-ring (bicyclic) bond motifs is 1. The molecule has 2 rings (SSSR count). The highest BCUT2D eigenvalue weighted by atomic mass is 35.5. The minimum atomic E-state index is 0.535. The van der Waals surface area contributed by atoms with Crippen LogP contribution < -0.4 is 4.74 Å². The van der Waals surface area contributed by atoms with Crippen LogP contribution in [-0.2, 0) is 6.42 Å². The van der Waals surface area contributed by atoms with Gasteiger partial charge >= 0.3 is 0 Å². The van der Waals surface area contributed by atoms with Crippen molar-refractivity contribution in [3.05, 3.63) is 35.0 Å². The zero-order valence-corrected chi connectivity index (χ0v) is 9.51. The van der Waals surface area contributed by atoms with Gasteiger partial charge in [0.15, 0.2) is 0 Å². The van der Waals surface area contributed by atoms with Crippen molar-refractivity contribution in [2.24, 2.45) is 0 Å². The average Bonchev–Trinajstić information content (AvgIpc) is 2.26. The molecule has 2 aromatic rings. The van der Waals surface area contributed by atoms with E-state index in [4.69, 9.17) is 16.3 Å². The Morgan fingerprint density at radius 1 is 1.33 bits per heavy atom. The summed E-state index contributed by atoms with van der Waals surface area (Å²) in [7, 11) is 1.65. The molecule has 0 N–H and O–H groups in total. The second-order valence-corrected chi connectivity index (χ2v) is 3.73. The maximum Gasteiger partial charge on any atom is 0.130 e. The number of hydrogen-bond donors (Lipinski definition) is 0. The third-order valence-electron chi connectivity index (χ3n) is 2.45. The molecular formula is C12H12ClNO. The summed E-state index contributed by atoms with van der Waals surface area (Å²) in [4.78, 5) is 4.28. The van der Waals surface area contributed by atoms with E-state index in [-0.39, 0.29) is 0 Å². The lowest BCUT2D eigenvalue weighted by molar-refractivity contribution is 0.415. The number of benzene rings is 1. The molecule has 1 aromatic heterocycles. The van der Waals surface area contributed by atoms with Crippen LogP contribution in [-0.4, -0.2) is 12.1 Å². The molecule has 0 radical (unpaired) electrons. The fourth-order valence-corrected chi connectivity index (χ4v) is 1.89. The van der Waals surface area contributed by atoms with Crippen molar-refractivity contribution < 1.29 is 4.74 Å². The molecule has 78 valence electrons. The Morgan fingerprint density at radius 2 is 2.13 bits per heavy atom. The maximum atomic E-state index is 5.95. The first-order valence-electron chi connectivity index (χ1n) is 4.87.